The van der Waals surface area contributed by atoms with Crippen LogP contribution < -0.4 is 4.90 Å². The number of hydrogen-bond donors (Lipinski definition) is 1. The predicted molar refractivity (Wildman–Crippen MR) is 72.9 cm³/mol. The van der Waals surface area contributed by atoms with Gasteiger partial charge in [-0.15, -0.1) is 0 Å². The van der Waals surface area contributed by atoms with Gasteiger partial charge in [0.05, 0.1) is 24.3 Å². The summed E-state index contributed by atoms with van der Waals surface area (Å²) in [5.74, 6) is 1.49. The zero-order valence-electron chi connectivity index (χ0n) is 10.5. The van der Waals surface area contributed by atoms with Crippen LogP contribution >= 0.6 is 23.3 Å². The Morgan fingerprint density at radius 3 is 2.83 bits per heavy atom. The van der Waals surface area contributed by atoms with E-state index in [0.717, 1.165) is 21.8 Å². The summed E-state index contributed by atoms with van der Waals surface area (Å²) in [6.45, 7) is 0.00376. The second-order valence-corrected chi connectivity index (χ2v) is 5.60. The largest absolute Gasteiger partial charge is 0.390 e. The van der Waals surface area contributed by atoms with E-state index < -0.39 is 0 Å². The van der Waals surface area contributed by atoms with Crippen LogP contribution in [0.25, 0.3) is 0 Å². The van der Waals surface area contributed by atoms with E-state index in [0.29, 0.717) is 5.75 Å². The molecule has 0 amide bonds. The first kappa shape index (κ1) is 13.3. The van der Waals surface area contributed by atoms with Crippen molar-refractivity contribution in [2.24, 2.45) is 7.05 Å². The van der Waals surface area contributed by atoms with Gasteiger partial charge in [0.1, 0.15) is 0 Å². The highest BCUT2D eigenvalue weighted by Crippen LogP contribution is 2.23. The van der Waals surface area contributed by atoms with E-state index in [4.69, 9.17) is 5.11 Å². The summed E-state index contributed by atoms with van der Waals surface area (Å²) in [6.07, 6.45) is 1.68. The van der Waals surface area contributed by atoms with Gasteiger partial charge in [0.15, 0.2) is 11.0 Å². The molecule has 0 fully saturated rings. The van der Waals surface area contributed by atoms with E-state index in [2.05, 4.69) is 14.3 Å². The Hall–Kier alpha value is -1.12. The molecule has 0 aromatic carbocycles. The Labute approximate surface area is 114 Å². The van der Waals surface area contributed by atoms with Gasteiger partial charge < -0.3 is 14.6 Å². The molecule has 2 heterocycles. The normalized spacial score (nSPS) is 10.9. The zero-order chi connectivity index (χ0) is 13.1. The maximum Gasteiger partial charge on any atom is 0.204 e. The number of anilines is 1. The third-order valence-corrected chi connectivity index (χ3v) is 4.34. The SMILES string of the molecule is CN(C)c1nc(CSc2ncc(CO)n2C)ns1. The molecule has 0 unspecified atom stereocenters. The summed E-state index contributed by atoms with van der Waals surface area (Å²) in [5.41, 5.74) is 0.803. The van der Waals surface area contributed by atoms with E-state index in [-0.39, 0.29) is 6.61 Å². The van der Waals surface area contributed by atoms with Crippen LogP contribution in [0.2, 0.25) is 0 Å². The standard InChI is InChI=1S/C10H15N5OS2/c1-14(2)10-12-8(13-18-10)6-17-9-11-4-7(5-16)15(9)3/h4,16H,5-6H2,1-3H3. The van der Waals surface area contributed by atoms with Crippen LogP contribution in [0.1, 0.15) is 11.5 Å². The minimum absolute atomic E-state index is 0.00376. The van der Waals surface area contributed by atoms with Gasteiger partial charge in [-0.3, -0.25) is 0 Å². The summed E-state index contributed by atoms with van der Waals surface area (Å²) < 4.78 is 6.17. The summed E-state index contributed by atoms with van der Waals surface area (Å²) in [4.78, 5) is 10.6. The highest BCUT2D eigenvalue weighted by Gasteiger charge is 2.10. The lowest BCUT2D eigenvalue weighted by Gasteiger charge is -2.04. The number of hydrogen-bond acceptors (Lipinski definition) is 7. The van der Waals surface area contributed by atoms with Gasteiger partial charge in [-0.2, -0.15) is 4.37 Å². The van der Waals surface area contributed by atoms with Crippen LogP contribution in [-0.4, -0.2) is 38.1 Å². The van der Waals surface area contributed by atoms with Gasteiger partial charge in [-0.05, 0) is 0 Å². The Morgan fingerprint density at radius 1 is 1.50 bits per heavy atom. The van der Waals surface area contributed by atoms with Crippen LogP contribution in [0, 0.1) is 0 Å². The van der Waals surface area contributed by atoms with Gasteiger partial charge >= 0.3 is 0 Å². The fourth-order valence-electron chi connectivity index (χ4n) is 1.32. The molecule has 0 bridgehead atoms. The molecule has 0 saturated carbocycles. The Balaban J connectivity index is 2.00. The number of rotatable bonds is 5. The van der Waals surface area contributed by atoms with Crippen molar-refractivity contribution in [2.45, 2.75) is 17.5 Å². The monoisotopic (exact) mass is 285 g/mol. The summed E-state index contributed by atoms with van der Waals surface area (Å²) in [7, 11) is 5.79. The average molecular weight is 285 g/mol. The lowest BCUT2D eigenvalue weighted by molar-refractivity contribution is 0.271. The van der Waals surface area contributed by atoms with Gasteiger partial charge in [0, 0.05) is 32.7 Å². The number of imidazole rings is 1. The first-order chi connectivity index (χ1) is 8.61. The number of aliphatic hydroxyl groups excluding tert-OH is 1. The quantitative estimate of drug-likeness (QED) is 0.831. The van der Waals surface area contributed by atoms with Crippen molar-refractivity contribution in [3.63, 3.8) is 0 Å². The maximum absolute atomic E-state index is 9.08. The summed E-state index contributed by atoms with van der Waals surface area (Å²) >= 11 is 2.96. The summed E-state index contributed by atoms with van der Waals surface area (Å²) in [6, 6.07) is 0. The van der Waals surface area contributed by atoms with E-state index in [1.54, 1.807) is 18.0 Å². The number of aromatic nitrogens is 4. The molecule has 1 N–H and O–H groups in total. The van der Waals surface area contributed by atoms with Crippen LogP contribution in [0.5, 0.6) is 0 Å². The molecule has 0 aliphatic heterocycles. The molecule has 0 aliphatic carbocycles. The van der Waals surface area contributed by atoms with Crippen LogP contribution in [0.4, 0.5) is 5.13 Å². The van der Waals surface area contributed by atoms with Gasteiger partial charge in [0.2, 0.25) is 5.13 Å². The zero-order valence-corrected chi connectivity index (χ0v) is 12.1. The molecule has 0 atom stereocenters. The lowest BCUT2D eigenvalue weighted by Crippen LogP contribution is -2.07. The fraction of sp³-hybridized carbons (Fsp3) is 0.500. The lowest BCUT2D eigenvalue weighted by atomic mass is 10.5. The molecule has 0 saturated heterocycles. The van der Waals surface area contributed by atoms with E-state index in [1.165, 1.54) is 11.5 Å². The van der Waals surface area contributed by atoms with E-state index in [1.807, 2.05) is 30.6 Å². The van der Waals surface area contributed by atoms with Crippen molar-refractivity contribution in [1.82, 2.24) is 18.9 Å². The smallest absolute Gasteiger partial charge is 0.204 e. The molecular weight excluding hydrogens is 270 g/mol. The predicted octanol–water partition coefficient (Wildman–Crippen LogP) is 1.12. The van der Waals surface area contributed by atoms with E-state index >= 15 is 0 Å². The number of thioether (sulfide) groups is 1. The highest BCUT2D eigenvalue weighted by atomic mass is 32.2. The Bertz CT molecular complexity index is 522. The third-order valence-electron chi connectivity index (χ3n) is 2.37. The second kappa shape index (κ2) is 5.68. The molecule has 2 aromatic heterocycles. The molecular formula is C10H15N5OS2. The van der Waals surface area contributed by atoms with Crippen LogP contribution in [0.15, 0.2) is 11.4 Å². The molecule has 6 nitrogen and oxygen atoms in total. The van der Waals surface area contributed by atoms with Gasteiger partial charge in [0.25, 0.3) is 0 Å². The number of nitrogens with zero attached hydrogens (tertiary/aromatic N) is 5. The van der Waals surface area contributed by atoms with Crippen molar-refractivity contribution < 1.29 is 5.11 Å². The fourth-order valence-corrected chi connectivity index (χ4v) is 2.83. The first-order valence-corrected chi connectivity index (χ1v) is 7.12. The van der Waals surface area contributed by atoms with E-state index in [9.17, 15) is 0 Å². The molecule has 2 rings (SSSR count). The van der Waals surface area contributed by atoms with Crippen molar-refractivity contribution in [3.05, 3.63) is 17.7 Å². The molecule has 18 heavy (non-hydrogen) atoms. The minimum Gasteiger partial charge on any atom is -0.390 e. The molecule has 8 heteroatoms. The topological polar surface area (TPSA) is 67.1 Å². The molecule has 0 spiro atoms. The molecule has 98 valence electrons. The van der Waals surface area contributed by atoms with Crippen molar-refractivity contribution in [2.75, 3.05) is 19.0 Å². The molecule has 0 aliphatic rings. The van der Waals surface area contributed by atoms with Crippen LogP contribution in [-0.2, 0) is 19.4 Å². The molecule has 2 aromatic rings. The first-order valence-electron chi connectivity index (χ1n) is 5.36. The highest BCUT2D eigenvalue weighted by molar-refractivity contribution is 7.98. The van der Waals surface area contributed by atoms with Crippen molar-refractivity contribution in [3.8, 4) is 0 Å². The second-order valence-electron chi connectivity index (χ2n) is 3.93. The van der Waals surface area contributed by atoms with Crippen molar-refractivity contribution >= 4 is 28.4 Å². The number of aliphatic hydroxyl groups is 1. The summed E-state index contributed by atoms with van der Waals surface area (Å²) in [5, 5.41) is 10.8. The maximum atomic E-state index is 9.08. The van der Waals surface area contributed by atoms with Crippen molar-refractivity contribution in [1.29, 1.82) is 0 Å². The third kappa shape index (κ3) is 2.82. The minimum atomic E-state index is 0.00376. The van der Waals surface area contributed by atoms with Gasteiger partial charge in [-0.25, -0.2) is 9.97 Å². The Morgan fingerprint density at radius 2 is 2.28 bits per heavy atom. The Kier molecular flexibility index (Phi) is 4.20. The van der Waals surface area contributed by atoms with Gasteiger partial charge in [-0.1, -0.05) is 11.8 Å². The van der Waals surface area contributed by atoms with Crippen LogP contribution in [0.3, 0.4) is 0 Å². The average Bonchev–Trinajstić information content (AvgIpc) is 2.93. The molecule has 0 radical (unpaired) electrons.